The molecule has 5 nitrogen and oxygen atoms in total. The van der Waals surface area contributed by atoms with E-state index in [1.54, 1.807) is 24.2 Å². The maximum atomic E-state index is 14.6. The SMILES string of the molecule is Cc1ccc(NC(=O)C[C@H]2CC[C@H]3[C@@H]4CC[C@H]5N(C)C(=O)C(F)=C[C@]5(C)[C@H]4CC[C@]23C)cn1. The van der Waals surface area contributed by atoms with Gasteiger partial charge in [0.25, 0.3) is 5.91 Å². The number of nitrogens with one attached hydrogen (secondary N) is 1. The molecule has 3 aliphatic carbocycles. The van der Waals surface area contributed by atoms with Crippen LogP contribution in [0.15, 0.2) is 30.2 Å². The van der Waals surface area contributed by atoms with Crippen LogP contribution in [0.5, 0.6) is 0 Å². The van der Waals surface area contributed by atoms with Gasteiger partial charge in [-0.3, -0.25) is 14.6 Å². The van der Waals surface area contributed by atoms with Gasteiger partial charge < -0.3 is 10.2 Å². The molecule has 4 aliphatic rings. The molecule has 178 valence electrons. The highest BCUT2D eigenvalue weighted by molar-refractivity contribution is 5.92. The molecule has 0 aromatic carbocycles. The van der Waals surface area contributed by atoms with Crippen molar-refractivity contribution >= 4 is 17.5 Å². The van der Waals surface area contributed by atoms with Crippen LogP contribution in [0.2, 0.25) is 0 Å². The molecule has 0 bridgehead atoms. The molecule has 0 radical (unpaired) electrons. The van der Waals surface area contributed by atoms with E-state index in [2.05, 4.69) is 24.1 Å². The van der Waals surface area contributed by atoms with Gasteiger partial charge in [0.05, 0.1) is 11.9 Å². The number of aryl methyl sites for hydroxylation is 1. The number of aromatic nitrogens is 1. The van der Waals surface area contributed by atoms with E-state index in [-0.39, 0.29) is 22.8 Å². The molecule has 0 spiro atoms. The predicted octanol–water partition coefficient (Wildman–Crippen LogP) is 5.27. The second-order valence-electron chi connectivity index (χ2n) is 11.5. The van der Waals surface area contributed by atoms with Crippen LogP contribution in [0, 0.1) is 41.4 Å². The maximum Gasteiger partial charge on any atom is 0.282 e. The number of halogens is 1. The van der Waals surface area contributed by atoms with Crippen LogP contribution in [-0.2, 0) is 9.59 Å². The zero-order valence-electron chi connectivity index (χ0n) is 20.2. The van der Waals surface area contributed by atoms with Crippen LogP contribution < -0.4 is 5.32 Å². The minimum absolute atomic E-state index is 0.0720. The van der Waals surface area contributed by atoms with Crippen molar-refractivity contribution in [2.24, 2.45) is 34.5 Å². The molecule has 2 amide bonds. The fourth-order valence-electron chi connectivity index (χ4n) is 8.25. The molecule has 5 rings (SSSR count). The Balaban J connectivity index is 1.32. The monoisotopic (exact) mass is 453 g/mol. The third-order valence-electron chi connectivity index (χ3n) is 9.98. The first-order valence-corrected chi connectivity index (χ1v) is 12.5. The zero-order valence-corrected chi connectivity index (χ0v) is 20.2. The number of hydrogen-bond donors (Lipinski definition) is 1. The lowest BCUT2D eigenvalue weighted by Gasteiger charge is -2.60. The number of carbonyl (C=O) groups excluding carboxylic acids is 2. The second kappa shape index (κ2) is 7.92. The summed E-state index contributed by atoms with van der Waals surface area (Å²) in [5.41, 5.74) is 1.53. The molecule has 7 atom stereocenters. The minimum Gasteiger partial charge on any atom is -0.336 e. The van der Waals surface area contributed by atoms with Gasteiger partial charge in [0.15, 0.2) is 5.83 Å². The maximum absolute atomic E-state index is 14.6. The van der Waals surface area contributed by atoms with Crippen molar-refractivity contribution in [3.05, 3.63) is 35.9 Å². The highest BCUT2D eigenvalue weighted by Crippen LogP contribution is 2.66. The minimum atomic E-state index is -0.586. The Hall–Kier alpha value is -2.24. The van der Waals surface area contributed by atoms with E-state index in [4.69, 9.17) is 0 Å². The molecular formula is C27H36FN3O2. The van der Waals surface area contributed by atoms with Gasteiger partial charge in [-0.2, -0.15) is 0 Å². The Labute approximate surface area is 196 Å². The Kier molecular flexibility index (Phi) is 5.41. The third kappa shape index (κ3) is 3.52. The van der Waals surface area contributed by atoms with Crippen molar-refractivity contribution in [2.45, 2.75) is 71.8 Å². The molecule has 0 unspecified atom stereocenters. The van der Waals surface area contributed by atoms with Gasteiger partial charge in [-0.05, 0) is 92.7 Å². The first-order valence-electron chi connectivity index (χ1n) is 12.5. The number of pyridine rings is 1. The van der Waals surface area contributed by atoms with Crippen LogP contribution in [0.1, 0.15) is 64.5 Å². The van der Waals surface area contributed by atoms with E-state index >= 15 is 0 Å². The van der Waals surface area contributed by atoms with Crippen LogP contribution in [-0.4, -0.2) is 34.8 Å². The van der Waals surface area contributed by atoms with Crippen molar-refractivity contribution in [1.29, 1.82) is 0 Å². The fraction of sp³-hybridized carbons (Fsp3) is 0.667. The van der Waals surface area contributed by atoms with Gasteiger partial charge in [0.1, 0.15) is 0 Å². The van der Waals surface area contributed by atoms with Crippen molar-refractivity contribution in [3.8, 4) is 0 Å². The standard InChI is InChI=1S/C27H36FN3O2/c1-16-5-7-18(15-29-16)30-24(32)13-17-6-9-20-19-8-10-23-27(3,14-22(28)25(33)31(23)4)21(19)11-12-26(17,20)2/h5,7,14-15,17,19-21,23H,6,8-13H2,1-4H3,(H,30,32)/t17-,19+,20+,21+,23-,26-,27-/m1/s1. The van der Waals surface area contributed by atoms with Gasteiger partial charge in [-0.15, -0.1) is 0 Å². The Morgan fingerprint density at radius 1 is 1.18 bits per heavy atom. The summed E-state index contributed by atoms with van der Waals surface area (Å²) in [5, 5.41) is 3.03. The summed E-state index contributed by atoms with van der Waals surface area (Å²) in [6.45, 7) is 6.51. The second-order valence-corrected chi connectivity index (χ2v) is 11.5. The first-order chi connectivity index (χ1) is 15.6. The molecule has 1 aromatic heterocycles. The highest BCUT2D eigenvalue weighted by atomic mass is 19.1. The van der Waals surface area contributed by atoms with Crippen molar-refractivity contribution < 1.29 is 14.0 Å². The molecule has 3 saturated carbocycles. The lowest BCUT2D eigenvalue weighted by Crippen LogP contribution is -2.60. The lowest BCUT2D eigenvalue weighted by atomic mass is 9.47. The molecule has 1 aliphatic heterocycles. The molecular weight excluding hydrogens is 417 g/mol. The Bertz CT molecular complexity index is 992. The predicted molar refractivity (Wildman–Crippen MR) is 126 cm³/mol. The first kappa shape index (κ1) is 22.5. The number of nitrogens with zero attached hydrogens (tertiary/aromatic N) is 2. The van der Waals surface area contributed by atoms with Crippen molar-refractivity contribution in [1.82, 2.24) is 9.88 Å². The molecule has 3 fully saturated rings. The largest absolute Gasteiger partial charge is 0.336 e. The number of carbonyl (C=O) groups is 2. The molecule has 1 N–H and O–H groups in total. The summed E-state index contributed by atoms with van der Waals surface area (Å²) in [6.07, 6.45) is 10.3. The van der Waals surface area contributed by atoms with E-state index in [0.717, 1.165) is 49.9 Å². The summed E-state index contributed by atoms with van der Waals surface area (Å²) < 4.78 is 14.6. The summed E-state index contributed by atoms with van der Waals surface area (Å²) in [6, 6.07) is 3.90. The highest BCUT2D eigenvalue weighted by Gasteiger charge is 2.61. The van der Waals surface area contributed by atoms with Crippen molar-refractivity contribution in [3.63, 3.8) is 0 Å². The number of hydrogen-bond acceptors (Lipinski definition) is 3. The van der Waals surface area contributed by atoms with E-state index in [9.17, 15) is 14.0 Å². The van der Waals surface area contributed by atoms with Gasteiger partial charge in [0.2, 0.25) is 5.91 Å². The summed E-state index contributed by atoms with van der Waals surface area (Å²) in [4.78, 5) is 31.0. The third-order valence-corrected chi connectivity index (χ3v) is 9.98. The number of amides is 2. The van der Waals surface area contributed by atoms with Gasteiger partial charge >= 0.3 is 0 Å². The number of likely N-dealkylation sites (N-methyl/N-ethyl adjacent to an activating group) is 1. The van der Waals surface area contributed by atoms with E-state index in [1.807, 2.05) is 19.1 Å². The molecule has 6 heteroatoms. The van der Waals surface area contributed by atoms with E-state index in [1.165, 1.54) is 0 Å². The van der Waals surface area contributed by atoms with Crippen LogP contribution >= 0.6 is 0 Å². The van der Waals surface area contributed by atoms with Crippen molar-refractivity contribution in [2.75, 3.05) is 12.4 Å². The molecule has 2 heterocycles. The van der Waals surface area contributed by atoms with Crippen LogP contribution in [0.3, 0.4) is 0 Å². The molecule has 0 saturated heterocycles. The van der Waals surface area contributed by atoms with Crippen LogP contribution in [0.25, 0.3) is 0 Å². The number of anilines is 1. The molecule has 1 aromatic rings. The van der Waals surface area contributed by atoms with E-state index < -0.39 is 11.7 Å². The number of rotatable bonds is 3. The van der Waals surface area contributed by atoms with Gasteiger partial charge in [-0.1, -0.05) is 13.8 Å². The Morgan fingerprint density at radius 3 is 2.70 bits per heavy atom. The summed E-state index contributed by atoms with van der Waals surface area (Å²) >= 11 is 0. The lowest BCUT2D eigenvalue weighted by molar-refractivity contribution is -0.142. The van der Waals surface area contributed by atoms with E-state index in [0.29, 0.717) is 30.1 Å². The fourth-order valence-corrected chi connectivity index (χ4v) is 8.25. The number of fused-ring (bicyclic) bond motifs is 5. The quantitative estimate of drug-likeness (QED) is 0.678. The summed E-state index contributed by atoms with van der Waals surface area (Å²) in [7, 11) is 1.76. The van der Waals surface area contributed by atoms with Crippen LogP contribution in [0.4, 0.5) is 10.1 Å². The summed E-state index contributed by atoms with van der Waals surface area (Å²) in [5.74, 6) is 0.876. The zero-order chi connectivity index (χ0) is 23.5. The average molecular weight is 454 g/mol. The average Bonchev–Trinajstić information content (AvgIpc) is 3.10. The smallest absolute Gasteiger partial charge is 0.282 e. The Morgan fingerprint density at radius 2 is 1.97 bits per heavy atom. The van der Waals surface area contributed by atoms with Gasteiger partial charge in [-0.25, -0.2) is 4.39 Å². The molecule has 33 heavy (non-hydrogen) atoms. The normalized spacial score (nSPS) is 39.9. The van der Waals surface area contributed by atoms with Gasteiger partial charge in [0, 0.05) is 30.6 Å². The topological polar surface area (TPSA) is 62.3 Å².